The van der Waals surface area contributed by atoms with E-state index in [0.717, 1.165) is 30.0 Å². The van der Waals surface area contributed by atoms with Gasteiger partial charge in [0.15, 0.2) is 11.5 Å². The van der Waals surface area contributed by atoms with Gasteiger partial charge in [0.2, 0.25) is 0 Å². The molecule has 0 radical (unpaired) electrons. The van der Waals surface area contributed by atoms with Crippen molar-refractivity contribution < 1.29 is 14.3 Å². The molecule has 0 saturated heterocycles. The maximum Gasteiger partial charge on any atom is 0.319 e. The van der Waals surface area contributed by atoms with Gasteiger partial charge in [0, 0.05) is 24.5 Å². The first-order valence-corrected chi connectivity index (χ1v) is 9.24. The first kappa shape index (κ1) is 20.4. The lowest BCUT2D eigenvalue weighted by Gasteiger charge is -2.21. The number of hydrogen-bond donors (Lipinski definition) is 2. The van der Waals surface area contributed by atoms with Crippen LogP contribution in [-0.2, 0) is 0 Å². The van der Waals surface area contributed by atoms with Crippen LogP contribution in [0.2, 0.25) is 0 Å². The van der Waals surface area contributed by atoms with Crippen molar-refractivity contribution >= 4 is 17.4 Å². The molecule has 2 amide bonds. The molecular formula is C21H29N3O3. The predicted molar refractivity (Wildman–Crippen MR) is 110 cm³/mol. The average molecular weight is 371 g/mol. The van der Waals surface area contributed by atoms with Crippen LogP contribution in [0.1, 0.15) is 19.4 Å². The molecule has 0 heterocycles. The van der Waals surface area contributed by atoms with Gasteiger partial charge in [-0.05, 0) is 62.7 Å². The number of nitrogens with zero attached hydrogens (tertiary/aromatic N) is 1. The molecule has 0 saturated carbocycles. The van der Waals surface area contributed by atoms with Crippen molar-refractivity contribution in [3.63, 3.8) is 0 Å². The van der Waals surface area contributed by atoms with Crippen LogP contribution in [0.25, 0.3) is 0 Å². The Hall–Kier alpha value is -2.89. The fourth-order valence-electron chi connectivity index (χ4n) is 2.74. The van der Waals surface area contributed by atoms with Crippen LogP contribution >= 0.6 is 0 Å². The topological polar surface area (TPSA) is 62.8 Å². The minimum Gasteiger partial charge on any atom is -0.493 e. The summed E-state index contributed by atoms with van der Waals surface area (Å²) in [5, 5.41) is 5.61. The Morgan fingerprint density at radius 3 is 2.37 bits per heavy atom. The smallest absolute Gasteiger partial charge is 0.319 e. The Kier molecular flexibility index (Phi) is 7.79. The summed E-state index contributed by atoms with van der Waals surface area (Å²) in [5.41, 5.74) is 3.00. The van der Waals surface area contributed by atoms with Gasteiger partial charge in [0.25, 0.3) is 0 Å². The zero-order valence-corrected chi connectivity index (χ0v) is 16.5. The molecule has 2 aromatic rings. The molecule has 0 atom stereocenters. The van der Waals surface area contributed by atoms with Crippen molar-refractivity contribution in [2.45, 2.75) is 20.8 Å². The zero-order valence-electron chi connectivity index (χ0n) is 16.5. The monoisotopic (exact) mass is 371 g/mol. The highest BCUT2D eigenvalue weighted by molar-refractivity contribution is 5.89. The average Bonchev–Trinajstić information content (AvgIpc) is 2.68. The van der Waals surface area contributed by atoms with E-state index in [1.165, 1.54) is 0 Å². The predicted octanol–water partition coefficient (Wildman–Crippen LogP) is 4.05. The van der Waals surface area contributed by atoms with E-state index < -0.39 is 0 Å². The van der Waals surface area contributed by atoms with Crippen LogP contribution in [0.4, 0.5) is 16.2 Å². The lowest BCUT2D eigenvalue weighted by molar-refractivity contribution is 0.246. The molecule has 27 heavy (non-hydrogen) atoms. The molecule has 2 N–H and O–H groups in total. The summed E-state index contributed by atoms with van der Waals surface area (Å²) in [5.74, 6) is 1.35. The summed E-state index contributed by atoms with van der Waals surface area (Å²) >= 11 is 0. The van der Waals surface area contributed by atoms with Crippen molar-refractivity contribution in [2.75, 3.05) is 43.6 Å². The summed E-state index contributed by atoms with van der Waals surface area (Å²) in [6.07, 6.45) is 0. The van der Waals surface area contributed by atoms with Gasteiger partial charge in [-0.25, -0.2) is 4.79 Å². The van der Waals surface area contributed by atoms with Gasteiger partial charge in [0.1, 0.15) is 6.61 Å². The summed E-state index contributed by atoms with van der Waals surface area (Å²) in [6, 6.07) is 13.3. The summed E-state index contributed by atoms with van der Waals surface area (Å²) < 4.78 is 11.0. The molecule has 2 rings (SSSR count). The number of ether oxygens (including phenoxy) is 2. The molecule has 0 unspecified atom stereocenters. The molecule has 0 spiro atoms. The van der Waals surface area contributed by atoms with Gasteiger partial charge in [-0.2, -0.15) is 0 Å². The molecule has 0 fully saturated rings. The third kappa shape index (κ3) is 6.09. The van der Waals surface area contributed by atoms with E-state index in [1.54, 1.807) is 7.11 Å². The molecule has 146 valence electrons. The summed E-state index contributed by atoms with van der Waals surface area (Å²) in [4.78, 5) is 14.3. The van der Waals surface area contributed by atoms with Gasteiger partial charge < -0.3 is 25.0 Å². The van der Waals surface area contributed by atoms with Crippen molar-refractivity contribution in [1.29, 1.82) is 0 Å². The van der Waals surface area contributed by atoms with Crippen molar-refractivity contribution in [2.24, 2.45) is 0 Å². The molecule has 6 heteroatoms. The van der Waals surface area contributed by atoms with Gasteiger partial charge in [-0.15, -0.1) is 0 Å². The summed E-state index contributed by atoms with van der Waals surface area (Å²) in [7, 11) is 1.61. The third-order valence-corrected chi connectivity index (χ3v) is 4.22. The number of anilines is 2. The number of carbonyl (C=O) groups is 1. The number of urea groups is 1. The SMILES string of the molecule is CCN(CC)c1ccc(NC(=O)NCCOc2ccc(C)cc2OC)cc1. The lowest BCUT2D eigenvalue weighted by atomic mass is 10.2. The lowest BCUT2D eigenvalue weighted by Crippen LogP contribution is -2.32. The van der Waals surface area contributed by atoms with Gasteiger partial charge in [-0.1, -0.05) is 6.07 Å². The number of benzene rings is 2. The van der Waals surface area contributed by atoms with Crippen LogP contribution in [-0.4, -0.2) is 39.4 Å². The molecule has 0 aromatic heterocycles. The van der Waals surface area contributed by atoms with E-state index in [0.29, 0.717) is 24.7 Å². The molecule has 0 aliphatic heterocycles. The van der Waals surface area contributed by atoms with Crippen molar-refractivity contribution in [1.82, 2.24) is 5.32 Å². The number of aryl methyl sites for hydroxylation is 1. The highest BCUT2D eigenvalue weighted by Crippen LogP contribution is 2.27. The fourth-order valence-corrected chi connectivity index (χ4v) is 2.74. The maximum absolute atomic E-state index is 12.0. The first-order chi connectivity index (χ1) is 13.1. The molecule has 0 aliphatic rings. The zero-order chi connectivity index (χ0) is 19.6. The van der Waals surface area contributed by atoms with E-state index in [1.807, 2.05) is 49.4 Å². The maximum atomic E-state index is 12.0. The Balaban J connectivity index is 1.76. The van der Waals surface area contributed by atoms with Gasteiger partial charge >= 0.3 is 6.03 Å². The number of hydrogen-bond acceptors (Lipinski definition) is 4. The Labute approximate surface area is 161 Å². The minimum atomic E-state index is -0.259. The van der Waals surface area contributed by atoms with Crippen LogP contribution in [0.3, 0.4) is 0 Å². The van der Waals surface area contributed by atoms with Crippen LogP contribution in [0, 0.1) is 6.92 Å². The van der Waals surface area contributed by atoms with Crippen molar-refractivity contribution in [3.05, 3.63) is 48.0 Å². The number of rotatable bonds is 9. The first-order valence-electron chi connectivity index (χ1n) is 9.24. The minimum absolute atomic E-state index is 0.259. The van der Waals surface area contributed by atoms with Crippen LogP contribution in [0.15, 0.2) is 42.5 Å². The highest BCUT2D eigenvalue weighted by Gasteiger charge is 2.06. The Bertz CT molecular complexity index is 728. The molecule has 0 bridgehead atoms. The third-order valence-electron chi connectivity index (χ3n) is 4.22. The van der Waals surface area contributed by atoms with E-state index in [2.05, 4.69) is 29.4 Å². The standard InChI is InChI=1S/C21H29N3O3/c1-5-24(6-2)18-10-8-17(9-11-18)23-21(25)22-13-14-27-19-12-7-16(3)15-20(19)26-4/h7-12,15H,5-6,13-14H2,1-4H3,(H2,22,23,25). The number of carbonyl (C=O) groups excluding carboxylic acids is 1. The Morgan fingerprint density at radius 2 is 1.74 bits per heavy atom. The van der Waals surface area contributed by atoms with E-state index in [9.17, 15) is 4.79 Å². The molecule has 6 nitrogen and oxygen atoms in total. The number of amides is 2. The molecular weight excluding hydrogens is 342 g/mol. The number of methoxy groups -OCH3 is 1. The van der Waals surface area contributed by atoms with Crippen LogP contribution in [0.5, 0.6) is 11.5 Å². The second kappa shape index (κ2) is 10.3. The normalized spacial score (nSPS) is 10.2. The second-order valence-corrected chi connectivity index (χ2v) is 6.10. The van der Waals surface area contributed by atoms with Gasteiger partial charge in [-0.3, -0.25) is 0 Å². The van der Waals surface area contributed by atoms with E-state index in [-0.39, 0.29) is 6.03 Å². The second-order valence-electron chi connectivity index (χ2n) is 6.10. The van der Waals surface area contributed by atoms with Gasteiger partial charge in [0.05, 0.1) is 13.7 Å². The largest absolute Gasteiger partial charge is 0.493 e. The van der Waals surface area contributed by atoms with Crippen molar-refractivity contribution in [3.8, 4) is 11.5 Å². The summed E-state index contributed by atoms with van der Waals surface area (Å²) in [6.45, 7) is 8.89. The van der Waals surface area contributed by atoms with E-state index >= 15 is 0 Å². The number of nitrogens with one attached hydrogen (secondary N) is 2. The molecule has 2 aromatic carbocycles. The Morgan fingerprint density at radius 1 is 1.04 bits per heavy atom. The van der Waals surface area contributed by atoms with E-state index in [4.69, 9.17) is 9.47 Å². The molecule has 0 aliphatic carbocycles. The quantitative estimate of drug-likeness (QED) is 0.653. The van der Waals surface area contributed by atoms with Crippen LogP contribution < -0.4 is 25.0 Å². The fraction of sp³-hybridized carbons (Fsp3) is 0.381. The highest BCUT2D eigenvalue weighted by atomic mass is 16.5.